The number of rotatable bonds is 9. The molecule has 1 saturated heterocycles. The number of anilines is 1. The third kappa shape index (κ3) is 5.36. The van der Waals surface area contributed by atoms with Crippen molar-refractivity contribution in [2.75, 3.05) is 32.2 Å². The van der Waals surface area contributed by atoms with E-state index in [2.05, 4.69) is 37.1 Å². The summed E-state index contributed by atoms with van der Waals surface area (Å²) in [5.74, 6) is 3.17. The van der Waals surface area contributed by atoms with E-state index in [4.69, 9.17) is 26.1 Å². The molecule has 1 atom stereocenters. The molecule has 3 aromatic rings. The summed E-state index contributed by atoms with van der Waals surface area (Å²) in [4.78, 5) is 14.3. The number of aliphatic imine (C=N–C) groups is 2. The van der Waals surface area contributed by atoms with E-state index in [0.29, 0.717) is 28.3 Å². The maximum atomic E-state index is 6.59. The van der Waals surface area contributed by atoms with Crippen LogP contribution < -0.4 is 10.1 Å². The second-order valence-electron chi connectivity index (χ2n) is 8.97. The number of benzene rings is 1. The summed E-state index contributed by atoms with van der Waals surface area (Å²) in [7, 11) is 1.73. The molecule has 1 saturated carbocycles. The third-order valence-electron chi connectivity index (χ3n) is 6.39. The zero-order valence-corrected chi connectivity index (χ0v) is 20.7. The van der Waals surface area contributed by atoms with Gasteiger partial charge in [-0.3, -0.25) is 5.10 Å². The van der Waals surface area contributed by atoms with Crippen molar-refractivity contribution < 1.29 is 9.47 Å². The van der Waals surface area contributed by atoms with Crippen LogP contribution in [0.5, 0.6) is 5.75 Å². The molecule has 2 aromatic heterocycles. The Morgan fingerprint density at radius 1 is 1.34 bits per heavy atom. The van der Waals surface area contributed by atoms with Gasteiger partial charge in [0.05, 0.1) is 11.1 Å². The average Bonchev–Trinajstić information content (AvgIpc) is 3.24. The first kappa shape index (κ1) is 23.4. The molecule has 35 heavy (non-hydrogen) atoms. The SMILES string of the molecule is C=N/C(=C\C(=N/COc1ccc2[nH]c(C)cc2c1Cl)N1CCC(OC)C1)Nc1cc(C2CC2)[nH]n1. The minimum atomic E-state index is 0.104. The Morgan fingerprint density at radius 2 is 2.20 bits per heavy atom. The molecule has 2 fully saturated rings. The zero-order valence-electron chi connectivity index (χ0n) is 20.0. The van der Waals surface area contributed by atoms with Gasteiger partial charge in [-0.15, -0.1) is 0 Å². The quantitative estimate of drug-likeness (QED) is 0.291. The predicted octanol–water partition coefficient (Wildman–Crippen LogP) is 4.84. The minimum absolute atomic E-state index is 0.104. The van der Waals surface area contributed by atoms with Crippen molar-refractivity contribution in [1.82, 2.24) is 20.1 Å². The lowest BCUT2D eigenvalue weighted by Gasteiger charge is -2.19. The smallest absolute Gasteiger partial charge is 0.181 e. The molecule has 1 unspecified atom stereocenters. The second-order valence-corrected chi connectivity index (χ2v) is 9.35. The molecule has 184 valence electrons. The Hall–Kier alpha value is -3.30. The van der Waals surface area contributed by atoms with Crippen molar-refractivity contribution in [2.45, 2.75) is 38.2 Å². The number of aromatic amines is 2. The molecule has 5 rings (SSSR count). The van der Waals surface area contributed by atoms with E-state index >= 15 is 0 Å². The number of hydrogen-bond donors (Lipinski definition) is 3. The van der Waals surface area contributed by atoms with Crippen LogP contribution in [0.2, 0.25) is 5.02 Å². The van der Waals surface area contributed by atoms with E-state index in [0.717, 1.165) is 47.6 Å². The molecule has 1 aromatic carbocycles. The maximum Gasteiger partial charge on any atom is 0.181 e. The molecule has 1 aliphatic heterocycles. The summed E-state index contributed by atoms with van der Waals surface area (Å²) >= 11 is 6.59. The van der Waals surface area contributed by atoms with E-state index in [1.807, 2.05) is 37.3 Å². The van der Waals surface area contributed by atoms with Crippen molar-refractivity contribution in [3.63, 3.8) is 0 Å². The fourth-order valence-corrected chi connectivity index (χ4v) is 4.59. The van der Waals surface area contributed by atoms with Crippen molar-refractivity contribution in [2.24, 2.45) is 9.98 Å². The Bertz CT molecular complexity index is 1270. The predicted molar refractivity (Wildman–Crippen MR) is 140 cm³/mol. The van der Waals surface area contributed by atoms with E-state index in [1.165, 1.54) is 12.8 Å². The Morgan fingerprint density at radius 3 is 2.94 bits per heavy atom. The first-order chi connectivity index (χ1) is 17.0. The first-order valence-electron chi connectivity index (χ1n) is 11.8. The Labute approximate surface area is 209 Å². The highest BCUT2D eigenvalue weighted by Gasteiger charge is 2.26. The van der Waals surface area contributed by atoms with Crippen LogP contribution in [0, 0.1) is 6.92 Å². The van der Waals surface area contributed by atoms with Gasteiger partial charge in [-0.25, -0.2) is 9.98 Å². The monoisotopic (exact) mass is 495 g/mol. The summed E-state index contributed by atoms with van der Waals surface area (Å²) in [6, 6.07) is 7.85. The second kappa shape index (κ2) is 10.1. The van der Waals surface area contributed by atoms with E-state index < -0.39 is 0 Å². The van der Waals surface area contributed by atoms with E-state index in [1.54, 1.807) is 7.11 Å². The number of nitrogens with one attached hydrogen (secondary N) is 3. The molecular formula is C25H30ClN7O2. The highest BCUT2D eigenvalue weighted by atomic mass is 35.5. The number of likely N-dealkylation sites (tertiary alicyclic amines) is 1. The molecule has 0 spiro atoms. The van der Waals surface area contributed by atoms with Crippen molar-refractivity contribution >= 4 is 40.9 Å². The number of amidine groups is 1. The van der Waals surface area contributed by atoms with E-state index in [-0.39, 0.29) is 12.8 Å². The molecule has 9 nitrogen and oxygen atoms in total. The number of aryl methyl sites for hydroxylation is 1. The summed E-state index contributed by atoms with van der Waals surface area (Å²) in [6.07, 6.45) is 5.35. The number of H-pyrrole nitrogens is 2. The van der Waals surface area contributed by atoms with Crippen LogP contribution in [-0.4, -0.2) is 65.7 Å². The number of aromatic nitrogens is 3. The zero-order chi connectivity index (χ0) is 24.4. The number of nitrogens with zero attached hydrogens (tertiary/aromatic N) is 4. The highest BCUT2D eigenvalue weighted by molar-refractivity contribution is 6.37. The minimum Gasteiger partial charge on any atom is -0.470 e. The summed E-state index contributed by atoms with van der Waals surface area (Å²) < 4.78 is 11.5. The molecule has 3 heterocycles. The van der Waals surface area contributed by atoms with Gasteiger partial charge in [0.2, 0.25) is 0 Å². The normalized spacial score (nSPS) is 18.9. The lowest BCUT2D eigenvalue weighted by Crippen LogP contribution is -2.30. The van der Waals surface area contributed by atoms with Crippen molar-refractivity contribution in [3.05, 3.63) is 52.6 Å². The van der Waals surface area contributed by atoms with Crippen LogP contribution in [0.25, 0.3) is 10.9 Å². The maximum absolute atomic E-state index is 6.59. The molecule has 0 radical (unpaired) electrons. The molecule has 2 aliphatic rings. The molecule has 3 N–H and O–H groups in total. The molecular weight excluding hydrogens is 466 g/mol. The first-order valence-corrected chi connectivity index (χ1v) is 12.2. The standard InChI is InChI=1S/C25H30ClN7O2/c1-15-10-18-19(29-15)6-7-21(25(18)26)35-14-28-24(33-9-8-17(13-33)34-3)12-22(27-2)30-23-11-20(31-32-23)16-4-5-16/h6-7,10-12,16-17,29H,2,4-5,8-9,13-14H2,1,3H3,(H2,30,31,32)/b22-12+,28-24+. The van der Waals surface area contributed by atoms with Gasteiger partial charge in [-0.05, 0) is 51.1 Å². The lowest BCUT2D eigenvalue weighted by atomic mass is 10.2. The third-order valence-corrected chi connectivity index (χ3v) is 6.78. The van der Waals surface area contributed by atoms with Crippen LogP contribution in [0.15, 0.2) is 46.1 Å². The Kier molecular flexibility index (Phi) is 6.79. The van der Waals surface area contributed by atoms with Crippen LogP contribution in [-0.2, 0) is 4.74 Å². The summed E-state index contributed by atoms with van der Waals surface area (Å²) in [6.45, 7) is 7.38. The average molecular weight is 496 g/mol. The summed E-state index contributed by atoms with van der Waals surface area (Å²) in [5.41, 5.74) is 3.17. The Balaban J connectivity index is 1.34. The number of ether oxygens (including phenoxy) is 2. The number of fused-ring (bicyclic) bond motifs is 1. The highest BCUT2D eigenvalue weighted by Crippen LogP contribution is 2.39. The molecule has 0 amide bonds. The van der Waals surface area contributed by atoms with Gasteiger partial charge < -0.3 is 24.7 Å². The van der Waals surface area contributed by atoms with Gasteiger partial charge >= 0.3 is 0 Å². The van der Waals surface area contributed by atoms with Gasteiger partial charge in [0.1, 0.15) is 17.4 Å². The fourth-order valence-electron chi connectivity index (χ4n) is 4.31. The molecule has 10 heteroatoms. The topological polar surface area (TPSA) is 103 Å². The largest absolute Gasteiger partial charge is 0.470 e. The van der Waals surface area contributed by atoms with Gasteiger partial charge in [0, 0.05) is 60.6 Å². The van der Waals surface area contributed by atoms with Crippen LogP contribution >= 0.6 is 11.6 Å². The summed E-state index contributed by atoms with van der Waals surface area (Å²) in [5, 5.41) is 12.2. The van der Waals surface area contributed by atoms with Crippen LogP contribution in [0.4, 0.5) is 5.82 Å². The number of hydrogen-bond acceptors (Lipinski definition) is 6. The van der Waals surface area contributed by atoms with Crippen molar-refractivity contribution in [1.29, 1.82) is 0 Å². The van der Waals surface area contributed by atoms with E-state index in [9.17, 15) is 0 Å². The van der Waals surface area contributed by atoms with Crippen molar-refractivity contribution in [3.8, 4) is 5.75 Å². The number of halogens is 1. The van der Waals surface area contributed by atoms with Crippen LogP contribution in [0.1, 0.15) is 36.6 Å². The van der Waals surface area contributed by atoms with Gasteiger partial charge in [-0.1, -0.05) is 11.6 Å². The number of methoxy groups -OCH3 is 1. The van der Waals surface area contributed by atoms with Gasteiger partial charge in [0.15, 0.2) is 12.5 Å². The molecule has 1 aliphatic carbocycles. The fraction of sp³-hybridized carbons (Fsp3) is 0.400. The van der Waals surface area contributed by atoms with Gasteiger partial charge in [0.25, 0.3) is 0 Å². The van der Waals surface area contributed by atoms with Crippen LogP contribution in [0.3, 0.4) is 0 Å². The molecule has 0 bridgehead atoms. The van der Waals surface area contributed by atoms with Gasteiger partial charge in [-0.2, -0.15) is 5.10 Å². The lowest BCUT2D eigenvalue weighted by molar-refractivity contribution is 0.114.